The number of piperazine rings is 1. The van der Waals surface area contributed by atoms with Crippen molar-refractivity contribution >= 4 is 22.9 Å². The van der Waals surface area contributed by atoms with Crippen LogP contribution in [-0.4, -0.2) is 58.4 Å². The van der Waals surface area contributed by atoms with Crippen LogP contribution in [0.4, 0.5) is 0 Å². The average molecular weight is 402 g/mol. The van der Waals surface area contributed by atoms with Gasteiger partial charge >= 0.3 is 0 Å². The van der Waals surface area contributed by atoms with E-state index in [0.29, 0.717) is 29.6 Å². The number of H-pyrrole nitrogens is 1. The van der Waals surface area contributed by atoms with E-state index in [2.05, 4.69) is 39.2 Å². The van der Waals surface area contributed by atoms with Crippen molar-refractivity contribution in [1.82, 2.24) is 19.8 Å². The fourth-order valence-electron chi connectivity index (χ4n) is 3.72. The van der Waals surface area contributed by atoms with Crippen LogP contribution in [-0.2, 0) is 11.2 Å². The molecule has 1 amide bonds. The van der Waals surface area contributed by atoms with Crippen LogP contribution in [0.3, 0.4) is 0 Å². The molecule has 0 radical (unpaired) electrons. The number of aryl methyl sites for hydroxylation is 1. The Labute approximate surface area is 175 Å². The summed E-state index contributed by atoms with van der Waals surface area (Å²) in [6.45, 7) is 4.10. The minimum absolute atomic E-state index is 0.116. The van der Waals surface area contributed by atoms with Crippen molar-refractivity contribution in [3.05, 3.63) is 82.4 Å². The van der Waals surface area contributed by atoms with Crippen LogP contribution in [0.25, 0.3) is 17.0 Å². The first kappa shape index (κ1) is 20.0. The fraction of sp³-hybridized carbons (Fsp3) is 0.292. The number of aromatic nitrogens is 2. The van der Waals surface area contributed by atoms with Gasteiger partial charge in [0.05, 0.1) is 10.9 Å². The van der Waals surface area contributed by atoms with Gasteiger partial charge < -0.3 is 9.88 Å². The first-order chi connectivity index (χ1) is 14.7. The molecule has 2 aromatic carbocycles. The highest BCUT2D eigenvalue weighted by atomic mass is 16.2. The molecule has 0 unspecified atom stereocenters. The lowest BCUT2D eigenvalue weighted by Crippen LogP contribution is -2.48. The van der Waals surface area contributed by atoms with Gasteiger partial charge in [-0.1, -0.05) is 54.6 Å². The third-order valence-electron chi connectivity index (χ3n) is 5.44. The third-order valence-corrected chi connectivity index (χ3v) is 5.44. The molecular weight excluding hydrogens is 376 g/mol. The Bertz CT molecular complexity index is 1080. The van der Waals surface area contributed by atoms with E-state index in [9.17, 15) is 9.59 Å². The summed E-state index contributed by atoms with van der Waals surface area (Å²) in [5.74, 6) is 0.682. The Hall–Kier alpha value is -3.25. The Morgan fingerprint density at radius 1 is 1.00 bits per heavy atom. The molecule has 1 aliphatic heterocycles. The molecule has 30 heavy (non-hydrogen) atoms. The number of aromatic amines is 1. The number of nitrogens with zero attached hydrogens (tertiary/aromatic N) is 3. The molecule has 2 heterocycles. The van der Waals surface area contributed by atoms with E-state index < -0.39 is 0 Å². The van der Waals surface area contributed by atoms with Crippen LogP contribution in [0.15, 0.2) is 65.5 Å². The number of para-hydroxylation sites is 1. The van der Waals surface area contributed by atoms with Crippen molar-refractivity contribution in [2.45, 2.75) is 12.8 Å². The Balaban J connectivity index is 1.25. The summed E-state index contributed by atoms with van der Waals surface area (Å²) < 4.78 is 0. The second-order valence-corrected chi connectivity index (χ2v) is 7.52. The molecule has 6 heteroatoms. The van der Waals surface area contributed by atoms with Crippen LogP contribution in [0.5, 0.6) is 0 Å². The van der Waals surface area contributed by atoms with Gasteiger partial charge in [0.1, 0.15) is 5.82 Å². The topological polar surface area (TPSA) is 69.3 Å². The molecule has 1 aliphatic rings. The molecule has 1 fully saturated rings. The summed E-state index contributed by atoms with van der Waals surface area (Å²) in [5, 5.41) is 0.574. The van der Waals surface area contributed by atoms with Crippen LogP contribution in [0.1, 0.15) is 17.8 Å². The zero-order valence-electron chi connectivity index (χ0n) is 17.0. The standard InChI is InChI=1S/C24H26N4O2/c29-23(13-12-22-25-21-11-5-4-10-20(21)24(30)26-22)28-17-15-27(16-18-28)14-6-9-19-7-2-1-3-8-19/h1-11H,12-18H2,(H,25,26,30). The van der Waals surface area contributed by atoms with E-state index >= 15 is 0 Å². The molecule has 3 aromatic rings. The number of amides is 1. The Morgan fingerprint density at radius 2 is 1.73 bits per heavy atom. The summed E-state index contributed by atoms with van der Waals surface area (Å²) in [6, 6.07) is 17.5. The molecule has 0 spiro atoms. The summed E-state index contributed by atoms with van der Waals surface area (Å²) in [4.78, 5) is 36.3. The first-order valence-electron chi connectivity index (χ1n) is 10.4. The highest BCUT2D eigenvalue weighted by molar-refractivity contribution is 5.78. The van der Waals surface area contributed by atoms with Crippen molar-refractivity contribution < 1.29 is 4.79 Å². The lowest BCUT2D eigenvalue weighted by Gasteiger charge is -2.34. The number of carbonyl (C=O) groups is 1. The highest BCUT2D eigenvalue weighted by Gasteiger charge is 2.20. The van der Waals surface area contributed by atoms with E-state index in [1.54, 1.807) is 6.07 Å². The minimum atomic E-state index is -0.153. The predicted molar refractivity (Wildman–Crippen MR) is 119 cm³/mol. The molecule has 6 nitrogen and oxygen atoms in total. The second kappa shape index (κ2) is 9.50. The summed E-state index contributed by atoms with van der Waals surface area (Å²) in [7, 11) is 0. The van der Waals surface area contributed by atoms with E-state index in [4.69, 9.17) is 0 Å². The molecule has 1 aromatic heterocycles. The number of hydrogen-bond acceptors (Lipinski definition) is 4. The maximum atomic E-state index is 12.6. The lowest BCUT2D eigenvalue weighted by molar-refractivity contribution is -0.132. The maximum absolute atomic E-state index is 12.6. The van der Waals surface area contributed by atoms with Gasteiger partial charge in [0.2, 0.25) is 5.91 Å². The molecule has 154 valence electrons. The Morgan fingerprint density at radius 3 is 2.53 bits per heavy atom. The lowest BCUT2D eigenvalue weighted by atomic mass is 10.2. The van der Waals surface area contributed by atoms with Gasteiger partial charge in [-0.25, -0.2) is 4.98 Å². The summed E-state index contributed by atoms with van der Waals surface area (Å²) in [5.41, 5.74) is 1.72. The number of benzene rings is 2. The molecule has 1 saturated heterocycles. The molecule has 0 atom stereocenters. The zero-order valence-corrected chi connectivity index (χ0v) is 17.0. The van der Waals surface area contributed by atoms with Crippen molar-refractivity contribution in [3.8, 4) is 0 Å². The third kappa shape index (κ3) is 5.02. The molecule has 0 bridgehead atoms. The van der Waals surface area contributed by atoms with Gasteiger partial charge in [-0.3, -0.25) is 14.5 Å². The van der Waals surface area contributed by atoms with Crippen molar-refractivity contribution in [1.29, 1.82) is 0 Å². The first-order valence-corrected chi connectivity index (χ1v) is 10.4. The van der Waals surface area contributed by atoms with Crippen LogP contribution in [0.2, 0.25) is 0 Å². The van der Waals surface area contributed by atoms with Gasteiger partial charge in [0.15, 0.2) is 0 Å². The minimum Gasteiger partial charge on any atom is -0.340 e. The monoisotopic (exact) mass is 402 g/mol. The van der Waals surface area contributed by atoms with Crippen LogP contribution < -0.4 is 5.56 Å². The van der Waals surface area contributed by atoms with E-state index in [1.807, 2.05) is 41.3 Å². The average Bonchev–Trinajstić information content (AvgIpc) is 2.79. The molecular formula is C24H26N4O2. The largest absolute Gasteiger partial charge is 0.340 e. The normalized spacial score (nSPS) is 15.1. The number of hydrogen-bond donors (Lipinski definition) is 1. The maximum Gasteiger partial charge on any atom is 0.258 e. The van der Waals surface area contributed by atoms with Crippen LogP contribution in [0, 0.1) is 0 Å². The number of carbonyl (C=O) groups excluding carboxylic acids is 1. The molecule has 0 aliphatic carbocycles. The van der Waals surface area contributed by atoms with Crippen molar-refractivity contribution in [3.63, 3.8) is 0 Å². The zero-order chi connectivity index (χ0) is 20.8. The predicted octanol–water partition coefficient (Wildman–Crippen LogP) is 2.71. The van der Waals surface area contributed by atoms with Crippen molar-refractivity contribution in [2.24, 2.45) is 0 Å². The second-order valence-electron chi connectivity index (χ2n) is 7.52. The SMILES string of the molecule is O=C(CCc1nc2ccccc2c(=O)[nH]1)N1CCN(CC=Cc2ccccc2)CC1. The van der Waals surface area contributed by atoms with E-state index in [1.165, 1.54) is 5.56 Å². The molecule has 0 saturated carbocycles. The number of fused-ring (bicyclic) bond motifs is 1. The number of rotatable bonds is 6. The quantitative estimate of drug-likeness (QED) is 0.688. The van der Waals surface area contributed by atoms with E-state index in [0.717, 1.165) is 32.7 Å². The van der Waals surface area contributed by atoms with E-state index in [-0.39, 0.29) is 11.5 Å². The Kier molecular flexibility index (Phi) is 6.35. The van der Waals surface area contributed by atoms with Crippen LogP contribution >= 0.6 is 0 Å². The van der Waals surface area contributed by atoms with Gasteiger partial charge in [0.25, 0.3) is 5.56 Å². The van der Waals surface area contributed by atoms with Gasteiger partial charge in [-0.2, -0.15) is 0 Å². The van der Waals surface area contributed by atoms with Gasteiger partial charge in [0, 0.05) is 45.6 Å². The fourth-order valence-corrected chi connectivity index (χ4v) is 3.72. The number of nitrogens with one attached hydrogen (secondary N) is 1. The molecule has 1 N–H and O–H groups in total. The van der Waals surface area contributed by atoms with Gasteiger partial charge in [-0.05, 0) is 17.7 Å². The summed E-state index contributed by atoms with van der Waals surface area (Å²) >= 11 is 0. The van der Waals surface area contributed by atoms with Crippen molar-refractivity contribution in [2.75, 3.05) is 32.7 Å². The smallest absolute Gasteiger partial charge is 0.258 e. The summed E-state index contributed by atoms with van der Waals surface area (Å²) in [6.07, 6.45) is 5.11. The highest BCUT2D eigenvalue weighted by Crippen LogP contribution is 2.09. The molecule has 4 rings (SSSR count). The van der Waals surface area contributed by atoms with Gasteiger partial charge in [-0.15, -0.1) is 0 Å².